The molecular formula is C20H17ClN2O3S. The Labute approximate surface area is 163 Å². The van der Waals surface area contributed by atoms with Crippen LogP contribution in [0.25, 0.3) is 0 Å². The number of nitrogens with one attached hydrogen (secondary N) is 2. The topological polar surface area (TPSA) is 75.3 Å². The standard InChI is InChI=1S/C20H17ClN2O3S/c1-14-13-15(20(24)22-17-5-3-2-4-6-17)7-12-19(14)23-27(25,26)18-10-8-16(21)9-11-18/h2-13,23H,1H3,(H,22,24). The zero-order valence-corrected chi connectivity index (χ0v) is 16.0. The quantitative estimate of drug-likeness (QED) is 0.651. The summed E-state index contributed by atoms with van der Waals surface area (Å²) < 4.78 is 27.5. The molecule has 2 N–H and O–H groups in total. The van der Waals surface area contributed by atoms with Crippen molar-refractivity contribution in [2.24, 2.45) is 0 Å². The number of benzene rings is 3. The van der Waals surface area contributed by atoms with Crippen LogP contribution in [0.2, 0.25) is 5.02 Å². The lowest BCUT2D eigenvalue weighted by atomic mass is 10.1. The lowest BCUT2D eigenvalue weighted by molar-refractivity contribution is 0.102. The molecule has 138 valence electrons. The molecule has 0 aliphatic heterocycles. The van der Waals surface area contributed by atoms with Crippen LogP contribution in [0.15, 0.2) is 77.7 Å². The van der Waals surface area contributed by atoms with Crippen molar-refractivity contribution in [3.8, 4) is 0 Å². The Morgan fingerprint density at radius 1 is 0.926 bits per heavy atom. The van der Waals surface area contributed by atoms with Gasteiger partial charge >= 0.3 is 0 Å². The molecule has 0 saturated carbocycles. The third kappa shape index (κ3) is 4.67. The van der Waals surface area contributed by atoms with Gasteiger partial charge in [-0.3, -0.25) is 9.52 Å². The molecule has 0 radical (unpaired) electrons. The van der Waals surface area contributed by atoms with Gasteiger partial charge in [-0.05, 0) is 67.1 Å². The van der Waals surface area contributed by atoms with Crippen LogP contribution in [0.4, 0.5) is 11.4 Å². The predicted molar refractivity (Wildman–Crippen MR) is 108 cm³/mol. The van der Waals surface area contributed by atoms with Crippen LogP contribution in [-0.4, -0.2) is 14.3 Å². The molecule has 0 atom stereocenters. The van der Waals surface area contributed by atoms with Gasteiger partial charge in [-0.15, -0.1) is 0 Å². The molecule has 3 aromatic carbocycles. The monoisotopic (exact) mass is 400 g/mol. The summed E-state index contributed by atoms with van der Waals surface area (Å²) in [7, 11) is -3.74. The molecule has 7 heteroatoms. The number of rotatable bonds is 5. The second-order valence-corrected chi connectivity index (χ2v) is 8.03. The number of anilines is 2. The molecule has 27 heavy (non-hydrogen) atoms. The Morgan fingerprint density at radius 3 is 2.22 bits per heavy atom. The number of hydrogen-bond acceptors (Lipinski definition) is 3. The summed E-state index contributed by atoms with van der Waals surface area (Å²) in [6.45, 7) is 1.74. The van der Waals surface area contributed by atoms with E-state index in [1.54, 1.807) is 37.3 Å². The van der Waals surface area contributed by atoms with Crippen molar-refractivity contribution in [1.29, 1.82) is 0 Å². The average molecular weight is 401 g/mol. The molecule has 0 fully saturated rings. The van der Waals surface area contributed by atoms with Gasteiger partial charge in [-0.25, -0.2) is 8.42 Å². The van der Waals surface area contributed by atoms with Crippen molar-refractivity contribution < 1.29 is 13.2 Å². The molecule has 0 unspecified atom stereocenters. The highest BCUT2D eigenvalue weighted by Crippen LogP contribution is 2.22. The van der Waals surface area contributed by atoms with Crippen molar-refractivity contribution in [1.82, 2.24) is 0 Å². The van der Waals surface area contributed by atoms with Crippen LogP contribution >= 0.6 is 11.6 Å². The summed E-state index contributed by atoms with van der Waals surface area (Å²) in [6.07, 6.45) is 0. The molecule has 3 rings (SSSR count). The number of carbonyl (C=O) groups is 1. The summed E-state index contributed by atoms with van der Waals surface area (Å²) in [5, 5.41) is 3.25. The molecule has 0 bridgehead atoms. The van der Waals surface area contributed by atoms with Gasteiger partial charge in [0.25, 0.3) is 15.9 Å². The van der Waals surface area contributed by atoms with E-state index >= 15 is 0 Å². The fourth-order valence-electron chi connectivity index (χ4n) is 2.46. The molecule has 5 nitrogen and oxygen atoms in total. The van der Waals surface area contributed by atoms with Gasteiger partial charge in [0.2, 0.25) is 0 Å². The van der Waals surface area contributed by atoms with Crippen LogP contribution in [0.3, 0.4) is 0 Å². The van der Waals surface area contributed by atoms with Gasteiger partial charge in [0, 0.05) is 16.3 Å². The summed E-state index contributed by atoms with van der Waals surface area (Å²) >= 11 is 5.80. The van der Waals surface area contributed by atoms with Crippen LogP contribution in [0, 0.1) is 6.92 Å². The molecule has 0 heterocycles. The molecule has 0 aliphatic carbocycles. The number of hydrogen-bond donors (Lipinski definition) is 2. The van der Waals surface area contributed by atoms with E-state index < -0.39 is 10.0 Å². The van der Waals surface area contributed by atoms with Gasteiger partial charge in [-0.2, -0.15) is 0 Å². The lowest BCUT2D eigenvalue weighted by Gasteiger charge is -2.12. The molecule has 1 amide bonds. The van der Waals surface area contributed by atoms with Gasteiger partial charge in [-0.1, -0.05) is 29.8 Å². The van der Waals surface area contributed by atoms with Crippen LogP contribution < -0.4 is 10.0 Å². The van der Waals surface area contributed by atoms with Crippen molar-refractivity contribution in [3.05, 3.63) is 88.9 Å². The highest BCUT2D eigenvalue weighted by Gasteiger charge is 2.16. The first-order chi connectivity index (χ1) is 12.8. The third-order valence-corrected chi connectivity index (χ3v) is 5.52. The minimum atomic E-state index is -3.74. The van der Waals surface area contributed by atoms with E-state index in [9.17, 15) is 13.2 Å². The van der Waals surface area contributed by atoms with E-state index in [1.165, 1.54) is 24.3 Å². The van der Waals surface area contributed by atoms with E-state index in [-0.39, 0.29) is 10.8 Å². The Balaban J connectivity index is 1.78. The van der Waals surface area contributed by atoms with E-state index in [1.807, 2.05) is 18.2 Å². The SMILES string of the molecule is Cc1cc(C(=O)Nc2ccccc2)ccc1NS(=O)(=O)c1ccc(Cl)cc1. The Morgan fingerprint density at radius 2 is 1.59 bits per heavy atom. The molecule has 3 aromatic rings. The van der Waals surface area contributed by atoms with Crippen molar-refractivity contribution in [2.45, 2.75) is 11.8 Å². The minimum absolute atomic E-state index is 0.109. The predicted octanol–water partition coefficient (Wildman–Crippen LogP) is 4.70. The number of carbonyl (C=O) groups excluding carboxylic acids is 1. The number of aryl methyl sites for hydroxylation is 1. The van der Waals surface area contributed by atoms with Gasteiger partial charge in [0.1, 0.15) is 0 Å². The van der Waals surface area contributed by atoms with Gasteiger partial charge < -0.3 is 5.32 Å². The van der Waals surface area contributed by atoms with Crippen LogP contribution in [0.5, 0.6) is 0 Å². The van der Waals surface area contributed by atoms with Crippen molar-refractivity contribution in [3.63, 3.8) is 0 Å². The highest BCUT2D eigenvalue weighted by molar-refractivity contribution is 7.92. The van der Waals surface area contributed by atoms with Crippen LogP contribution in [-0.2, 0) is 10.0 Å². The van der Waals surface area contributed by atoms with E-state index in [0.717, 1.165) is 0 Å². The molecule has 0 aliphatic rings. The fraction of sp³-hybridized carbons (Fsp3) is 0.0500. The largest absolute Gasteiger partial charge is 0.322 e. The molecule has 0 saturated heterocycles. The average Bonchev–Trinajstić information content (AvgIpc) is 2.64. The lowest BCUT2D eigenvalue weighted by Crippen LogP contribution is -2.15. The summed E-state index contributed by atoms with van der Waals surface area (Å²) in [5.74, 6) is -0.267. The fourth-order valence-corrected chi connectivity index (χ4v) is 3.72. The smallest absolute Gasteiger partial charge is 0.261 e. The zero-order valence-electron chi connectivity index (χ0n) is 14.4. The Kier molecular flexibility index (Phi) is 5.48. The first-order valence-corrected chi connectivity index (χ1v) is 9.97. The molecular weight excluding hydrogens is 384 g/mol. The maximum Gasteiger partial charge on any atom is 0.261 e. The summed E-state index contributed by atoms with van der Waals surface area (Å²) in [5.41, 5.74) is 2.16. The maximum atomic E-state index is 12.5. The highest BCUT2D eigenvalue weighted by atomic mass is 35.5. The number of sulfonamides is 1. The van der Waals surface area contributed by atoms with E-state index in [0.29, 0.717) is 27.5 Å². The Bertz CT molecular complexity index is 1070. The first-order valence-electron chi connectivity index (χ1n) is 8.10. The first kappa shape index (κ1) is 18.9. The molecule has 0 spiro atoms. The van der Waals surface area contributed by atoms with Crippen LogP contribution in [0.1, 0.15) is 15.9 Å². The van der Waals surface area contributed by atoms with E-state index in [2.05, 4.69) is 10.0 Å². The second kappa shape index (κ2) is 7.82. The Hall–Kier alpha value is -2.83. The second-order valence-electron chi connectivity index (χ2n) is 5.91. The number of amides is 1. The van der Waals surface area contributed by atoms with Gasteiger partial charge in [0.15, 0.2) is 0 Å². The number of para-hydroxylation sites is 1. The van der Waals surface area contributed by atoms with Crippen molar-refractivity contribution >= 4 is 38.9 Å². The maximum absolute atomic E-state index is 12.5. The third-order valence-electron chi connectivity index (χ3n) is 3.89. The molecule has 0 aromatic heterocycles. The number of halogens is 1. The zero-order chi connectivity index (χ0) is 19.4. The summed E-state index contributed by atoms with van der Waals surface area (Å²) in [6, 6.07) is 19.8. The van der Waals surface area contributed by atoms with Crippen molar-refractivity contribution in [2.75, 3.05) is 10.0 Å². The normalized spacial score (nSPS) is 11.0. The summed E-state index contributed by atoms with van der Waals surface area (Å²) in [4.78, 5) is 12.5. The van der Waals surface area contributed by atoms with E-state index in [4.69, 9.17) is 11.6 Å². The van der Waals surface area contributed by atoms with Gasteiger partial charge in [0.05, 0.1) is 10.6 Å². The minimum Gasteiger partial charge on any atom is -0.322 e.